The lowest BCUT2D eigenvalue weighted by atomic mass is 9.96. The molecule has 0 radical (unpaired) electrons. The van der Waals surface area contributed by atoms with E-state index in [9.17, 15) is 0 Å². The van der Waals surface area contributed by atoms with Crippen LogP contribution in [0, 0.1) is 5.92 Å². The van der Waals surface area contributed by atoms with E-state index in [2.05, 4.69) is 12.2 Å². The predicted octanol–water partition coefficient (Wildman–Crippen LogP) is 2.81. The van der Waals surface area contributed by atoms with Gasteiger partial charge in [-0.25, -0.2) is 0 Å². The minimum Gasteiger partial charge on any atom is -0.317 e. The fourth-order valence-corrected chi connectivity index (χ4v) is 1.84. The summed E-state index contributed by atoms with van der Waals surface area (Å²) in [5.74, 6) is 1.00. The Morgan fingerprint density at radius 1 is 1.18 bits per heavy atom. The van der Waals surface area contributed by atoms with E-state index in [1.165, 1.54) is 51.6 Å². The van der Waals surface area contributed by atoms with E-state index in [1.54, 1.807) is 0 Å². The number of hydrogen-bond donors (Lipinski definition) is 1. The maximum Gasteiger partial charge on any atom is 0 e. The molecule has 1 N–H and O–H groups in total. The monoisotopic (exact) mass is 157 g/mol. The van der Waals surface area contributed by atoms with Crippen molar-refractivity contribution in [1.82, 2.24) is 5.32 Å². The summed E-state index contributed by atoms with van der Waals surface area (Å²) in [6.07, 6.45) is 8.52. The maximum atomic E-state index is 3.49. The van der Waals surface area contributed by atoms with E-state index in [0.717, 1.165) is 5.92 Å². The zero-order valence-electron chi connectivity index (χ0n) is 7.73. The summed E-state index contributed by atoms with van der Waals surface area (Å²) < 4.78 is 0. The molecule has 1 rings (SSSR count). The van der Waals surface area contributed by atoms with Crippen molar-refractivity contribution < 1.29 is 1.43 Å². The van der Waals surface area contributed by atoms with Gasteiger partial charge in [0.2, 0.25) is 0 Å². The van der Waals surface area contributed by atoms with E-state index < -0.39 is 0 Å². The summed E-state index contributed by atoms with van der Waals surface area (Å²) in [4.78, 5) is 0. The highest BCUT2D eigenvalue weighted by atomic mass is 14.8. The summed E-state index contributed by atoms with van der Waals surface area (Å²) in [5, 5.41) is 3.49. The van der Waals surface area contributed by atoms with E-state index in [1.807, 2.05) is 0 Å². The Bertz CT molecular complexity index is 85.8. The molecule has 1 aliphatic heterocycles. The van der Waals surface area contributed by atoms with Crippen molar-refractivity contribution in [3.63, 3.8) is 0 Å². The van der Waals surface area contributed by atoms with E-state index in [0.29, 0.717) is 0 Å². The molecule has 1 heteroatoms. The Kier molecular flexibility index (Phi) is 4.60. The average Bonchev–Trinajstić information content (AvgIpc) is 2.16. The minimum absolute atomic E-state index is 0. The first kappa shape index (κ1) is 9.05. The van der Waals surface area contributed by atoms with Crippen molar-refractivity contribution in [3.05, 3.63) is 0 Å². The Balaban J connectivity index is 0.00000121. The van der Waals surface area contributed by atoms with Gasteiger partial charge in [0.05, 0.1) is 0 Å². The topological polar surface area (TPSA) is 12.0 Å². The van der Waals surface area contributed by atoms with E-state index in [-0.39, 0.29) is 1.43 Å². The van der Waals surface area contributed by atoms with Gasteiger partial charge in [-0.2, -0.15) is 0 Å². The molecular formula is C10H23N. The third-order valence-corrected chi connectivity index (χ3v) is 2.77. The quantitative estimate of drug-likeness (QED) is 0.617. The molecule has 0 aromatic heterocycles. The SMILES string of the molecule is CC[C@H]1CCCCCNCC1.[HH]. The molecule has 0 bridgehead atoms. The second-order valence-corrected chi connectivity index (χ2v) is 3.66. The molecule has 1 aliphatic rings. The van der Waals surface area contributed by atoms with Gasteiger partial charge in [0.25, 0.3) is 0 Å². The van der Waals surface area contributed by atoms with Crippen LogP contribution in [0.1, 0.15) is 46.9 Å². The molecule has 0 unspecified atom stereocenters. The van der Waals surface area contributed by atoms with Gasteiger partial charge >= 0.3 is 0 Å². The summed E-state index contributed by atoms with van der Waals surface area (Å²) in [5.41, 5.74) is 0. The molecule has 1 atom stereocenters. The molecule has 1 fully saturated rings. The number of rotatable bonds is 1. The normalized spacial score (nSPS) is 28.6. The van der Waals surface area contributed by atoms with Gasteiger partial charge in [0.1, 0.15) is 0 Å². The number of hydrogen-bond acceptors (Lipinski definition) is 1. The van der Waals surface area contributed by atoms with Crippen molar-refractivity contribution in [2.24, 2.45) is 5.92 Å². The highest BCUT2D eigenvalue weighted by Gasteiger charge is 2.06. The molecule has 1 saturated heterocycles. The van der Waals surface area contributed by atoms with Crippen LogP contribution >= 0.6 is 0 Å². The van der Waals surface area contributed by atoms with Gasteiger partial charge in [-0.15, -0.1) is 0 Å². The molecule has 0 aromatic carbocycles. The third-order valence-electron chi connectivity index (χ3n) is 2.77. The van der Waals surface area contributed by atoms with Crippen LogP contribution in [0.5, 0.6) is 0 Å². The number of nitrogens with one attached hydrogen (secondary N) is 1. The predicted molar refractivity (Wildman–Crippen MR) is 51.8 cm³/mol. The van der Waals surface area contributed by atoms with Crippen LogP contribution < -0.4 is 5.32 Å². The second-order valence-electron chi connectivity index (χ2n) is 3.66. The van der Waals surface area contributed by atoms with Gasteiger partial charge in [0, 0.05) is 1.43 Å². The van der Waals surface area contributed by atoms with Crippen molar-refractivity contribution in [2.75, 3.05) is 13.1 Å². The highest BCUT2D eigenvalue weighted by Crippen LogP contribution is 2.17. The van der Waals surface area contributed by atoms with Gasteiger partial charge in [-0.05, 0) is 31.8 Å². The van der Waals surface area contributed by atoms with Crippen LogP contribution in [0.25, 0.3) is 0 Å². The smallest absolute Gasteiger partial charge is 0 e. The average molecular weight is 157 g/mol. The van der Waals surface area contributed by atoms with Crippen LogP contribution in [-0.4, -0.2) is 13.1 Å². The lowest BCUT2D eigenvalue weighted by Crippen LogP contribution is -2.17. The van der Waals surface area contributed by atoms with Crippen molar-refractivity contribution in [1.29, 1.82) is 0 Å². The van der Waals surface area contributed by atoms with Gasteiger partial charge in [-0.1, -0.05) is 32.6 Å². The zero-order chi connectivity index (χ0) is 7.94. The van der Waals surface area contributed by atoms with Crippen molar-refractivity contribution >= 4 is 0 Å². The van der Waals surface area contributed by atoms with Crippen molar-refractivity contribution in [2.45, 2.75) is 45.4 Å². The van der Waals surface area contributed by atoms with Gasteiger partial charge < -0.3 is 5.32 Å². The lowest BCUT2D eigenvalue weighted by Gasteiger charge is -2.12. The minimum atomic E-state index is 0. The van der Waals surface area contributed by atoms with Crippen LogP contribution in [0.4, 0.5) is 0 Å². The highest BCUT2D eigenvalue weighted by molar-refractivity contribution is 4.62. The fourth-order valence-electron chi connectivity index (χ4n) is 1.84. The Morgan fingerprint density at radius 3 is 2.91 bits per heavy atom. The van der Waals surface area contributed by atoms with Crippen LogP contribution in [0.3, 0.4) is 0 Å². The molecule has 1 heterocycles. The first-order valence-corrected chi connectivity index (χ1v) is 5.14. The largest absolute Gasteiger partial charge is 0.317 e. The molecule has 68 valence electrons. The Hall–Kier alpha value is -0.0400. The first-order chi connectivity index (χ1) is 5.43. The first-order valence-electron chi connectivity index (χ1n) is 5.14. The standard InChI is InChI=1S/C10H21N.H2/c1-2-10-6-4-3-5-8-11-9-7-10;/h10-11H,2-9H2,1H3;1H/t10-;/m0./s1. The molecular weight excluding hydrogens is 134 g/mol. The van der Waals surface area contributed by atoms with Crippen LogP contribution in [-0.2, 0) is 0 Å². The Morgan fingerprint density at radius 2 is 2.09 bits per heavy atom. The summed E-state index contributed by atoms with van der Waals surface area (Å²) >= 11 is 0. The van der Waals surface area contributed by atoms with Crippen LogP contribution in [0.2, 0.25) is 0 Å². The third kappa shape index (κ3) is 3.76. The second kappa shape index (κ2) is 5.59. The molecule has 0 amide bonds. The van der Waals surface area contributed by atoms with Crippen LogP contribution in [0.15, 0.2) is 0 Å². The molecule has 1 nitrogen and oxygen atoms in total. The van der Waals surface area contributed by atoms with E-state index in [4.69, 9.17) is 0 Å². The van der Waals surface area contributed by atoms with E-state index >= 15 is 0 Å². The fraction of sp³-hybridized carbons (Fsp3) is 1.00. The van der Waals surface area contributed by atoms with Gasteiger partial charge in [0.15, 0.2) is 0 Å². The zero-order valence-corrected chi connectivity index (χ0v) is 7.73. The molecule has 0 saturated carbocycles. The molecule has 11 heavy (non-hydrogen) atoms. The summed E-state index contributed by atoms with van der Waals surface area (Å²) in [7, 11) is 0. The summed E-state index contributed by atoms with van der Waals surface area (Å²) in [6, 6.07) is 0. The van der Waals surface area contributed by atoms with Crippen molar-refractivity contribution in [3.8, 4) is 0 Å². The van der Waals surface area contributed by atoms with Gasteiger partial charge in [-0.3, -0.25) is 0 Å². The maximum absolute atomic E-state index is 3.49. The molecule has 0 aliphatic carbocycles. The lowest BCUT2D eigenvalue weighted by molar-refractivity contribution is 0.424. The molecule has 0 spiro atoms. The Labute approximate surface area is 72.1 Å². The molecule has 0 aromatic rings. The summed E-state index contributed by atoms with van der Waals surface area (Å²) in [6.45, 7) is 4.82.